The largest absolute Gasteiger partial charge is 0.383 e. The Morgan fingerprint density at radius 1 is 1.35 bits per heavy atom. The van der Waals surface area contributed by atoms with Crippen LogP contribution >= 0.6 is 12.4 Å². The molecular weight excluding hydrogens is 274 g/mol. The number of halogens is 1. The normalized spacial score (nSPS) is 13.4. The minimum absolute atomic E-state index is 0. The molecule has 0 bridgehead atoms. The van der Waals surface area contributed by atoms with Crippen LogP contribution in [-0.2, 0) is 4.74 Å². The van der Waals surface area contributed by atoms with E-state index in [-0.39, 0.29) is 12.4 Å². The van der Waals surface area contributed by atoms with Crippen LogP contribution in [0.15, 0.2) is 23.2 Å². The zero-order valence-electron chi connectivity index (χ0n) is 12.5. The molecule has 20 heavy (non-hydrogen) atoms. The summed E-state index contributed by atoms with van der Waals surface area (Å²) in [5.41, 5.74) is 3.92. The second kappa shape index (κ2) is 8.12. The monoisotopic (exact) mass is 297 g/mol. The molecular formula is C15H24ClN3O. The molecule has 0 aliphatic carbocycles. The number of hydrogen-bond donors (Lipinski definition) is 1. The molecule has 2 rings (SSSR count). The van der Waals surface area contributed by atoms with E-state index in [1.165, 1.54) is 16.8 Å². The van der Waals surface area contributed by atoms with Crippen LogP contribution in [-0.4, -0.2) is 45.7 Å². The topological polar surface area (TPSA) is 36.9 Å². The first kappa shape index (κ1) is 16.8. The van der Waals surface area contributed by atoms with Gasteiger partial charge in [-0.25, -0.2) is 0 Å². The molecule has 1 N–H and O–H groups in total. The van der Waals surface area contributed by atoms with Gasteiger partial charge >= 0.3 is 0 Å². The zero-order valence-corrected chi connectivity index (χ0v) is 13.3. The summed E-state index contributed by atoms with van der Waals surface area (Å²) >= 11 is 0. The Balaban J connectivity index is 0.00000200. The van der Waals surface area contributed by atoms with Crippen LogP contribution in [0.2, 0.25) is 0 Å². The predicted octanol–water partition coefficient (Wildman–Crippen LogP) is 2.18. The number of nitrogens with one attached hydrogen (secondary N) is 1. The lowest BCUT2D eigenvalue weighted by Crippen LogP contribution is -2.37. The summed E-state index contributed by atoms with van der Waals surface area (Å²) in [6, 6.07) is 6.44. The molecule has 4 nitrogen and oxygen atoms in total. The molecule has 1 aliphatic rings. The van der Waals surface area contributed by atoms with Crippen molar-refractivity contribution in [3.8, 4) is 0 Å². The fourth-order valence-corrected chi connectivity index (χ4v) is 2.30. The van der Waals surface area contributed by atoms with Crippen LogP contribution in [0.25, 0.3) is 0 Å². The molecule has 1 aliphatic heterocycles. The summed E-state index contributed by atoms with van der Waals surface area (Å²) in [6.07, 6.45) is 0. The third-order valence-electron chi connectivity index (χ3n) is 3.57. The summed E-state index contributed by atoms with van der Waals surface area (Å²) in [7, 11) is 1.74. The smallest absolute Gasteiger partial charge is 0.116 e. The fourth-order valence-electron chi connectivity index (χ4n) is 2.30. The van der Waals surface area contributed by atoms with Crippen molar-refractivity contribution in [1.82, 2.24) is 5.32 Å². The van der Waals surface area contributed by atoms with Crippen molar-refractivity contribution in [3.63, 3.8) is 0 Å². The van der Waals surface area contributed by atoms with Gasteiger partial charge < -0.3 is 15.0 Å². The Morgan fingerprint density at radius 2 is 2.15 bits per heavy atom. The van der Waals surface area contributed by atoms with Crippen molar-refractivity contribution in [2.45, 2.75) is 13.8 Å². The first-order valence-electron chi connectivity index (χ1n) is 6.79. The van der Waals surface area contributed by atoms with Crippen molar-refractivity contribution in [1.29, 1.82) is 0 Å². The van der Waals surface area contributed by atoms with Crippen LogP contribution in [0, 0.1) is 13.8 Å². The Bertz CT molecular complexity index is 462. The van der Waals surface area contributed by atoms with E-state index in [9.17, 15) is 0 Å². The Kier molecular flexibility index (Phi) is 6.82. The second-order valence-corrected chi connectivity index (χ2v) is 4.89. The average molecular weight is 298 g/mol. The van der Waals surface area contributed by atoms with Gasteiger partial charge in [-0.05, 0) is 31.0 Å². The third kappa shape index (κ3) is 4.12. The highest BCUT2D eigenvalue weighted by Crippen LogP contribution is 2.22. The molecule has 0 radical (unpaired) electrons. The maximum Gasteiger partial charge on any atom is 0.116 e. The van der Waals surface area contributed by atoms with Crippen LogP contribution in [0.1, 0.15) is 11.1 Å². The Hall–Kier alpha value is -1.26. The SMILES string of the molecule is COCCN(CC1=NCCN1)c1cccc(C)c1C.Cl. The number of amidine groups is 1. The highest BCUT2D eigenvalue weighted by atomic mass is 35.5. The summed E-state index contributed by atoms with van der Waals surface area (Å²) in [6.45, 7) is 8.60. The van der Waals surface area contributed by atoms with E-state index in [4.69, 9.17) is 4.74 Å². The van der Waals surface area contributed by atoms with E-state index < -0.39 is 0 Å². The van der Waals surface area contributed by atoms with E-state index in [0.29, 0.717) is 0 Å². The first-order valence-corrected chi connectivity index (χ1v) is 6.79. The molecule has 0 amide bonds. The van der Waals surface area contributed by atoms with E-state index in [1.807, 2.05) is 0 Å². The number of aryl methyl sites for hydroxylation is 1. The van der Waals surface area contributed by atoms with Gasteiger partial charge in [0.25, 0.3) is 0 Å². The van der Waals surface area contributed by atoms with Crippen molar-refractivity contribution in [2.24, 2.45) is 4.99 Å². The quantitative estimate of drug-likeness (QED) is 0.874. The van der Waals surface area contributed by atoms with E-state index >= 15 is 0 Å². The van der Waals surface area contributed by atoms with E-state index in [1.54, 1.807) is 7.11 Å². The maximum atomic E-state index is 5.23. The van der Waals surface area contributed by atoms with Gasteiger partial charge in [-0.15, -0.1) is 12.4 Å². The van der Waals surface area contributed by atoms with Crippen LogP contribution in [0.3, 0.4) is 0 Å². The van der Waals surface area contributed by atoms with Crippen molar-refractivity contribution in [2.75, 3.05) is 44.8 Å². The van der Waals surface area contributed by atoms with Crippen LogP contribution < -0.4 is 10.2 Å². The molecule has 0 saturated carbocycles. The number of nitrogens with zero attached hydrogens (tertiary/aromatic N) is 2. The molecule has 0 aromatic heterocycles. The van der Waals surface area contributed by atoms with Gasteiger partial charge in [-0.2, -0.15) is 0 Å². The van der Waals surface area contributed by atoms with Crippen molar-refractivity contribution >= 4 is 23.9 Å². The number of methoxy groups -OCH3 is 1. The van der Waals surface area contributed by atoms with E-state index in [2.05, 4.69) is 47.3 Å². The number of aliphatic imine (C=N–C) groups is 1. The Morgan fingerprint density at radius 3 is 2.80 bits per heavy atom. The van der Waals surface area contributed by atoms with Gasteiger partial charge in [0.1, 0.15) is 5.84 Å². The van der Waals surface area contributed by atoms with Crippen molar-refractivity contribution in [3.05, 3.63) is 29.3 Å². The summed E-state index contributed by atoms with van der Waals surface area (Å²) in [5.74, 6) is 1.08. The number of benzene rings is 1. The summed E-state index contributed by atoms with van der Waals surface area (Å²) in [4.78, 5) is 6.82. The van der Waals surface area contributed by atoms with Gasteiger partial charge in [-0.3, -0.25) is 4.99 Å². The van der Waals surface area contributed by atoms with Crippen LogP contribution in [0.4, 0.5) is 5.69 Å². The molecule has 0 spiro atoms. The molecule has 5 heteroatoms. The van der Waals surface area contributed by atoms with Gasteiger partial charge in [-0.1, -0.05) is 12.1 Å². The van der Waals surface area contributed by atoms with Crippen molar-refractivity contribution < 1.29 is 4.74 Å². The predicted molar refractivity (Wildman–Crippen MR) is 87.6 cm³/mol. The first-order chi connectivity index (χ1) is 9.22. The number of anilines is 1. The molecule has 112 valence electrons. The summed E-state index contributed by atoms with van der Waals surface area (Å²) in [5, 5.41) is 3.33. The molecule has 0 fully saturated rings. The average Bonchev–Trinajstić information content (AvgIpc) is 2.91. The minimum atomic E-state index is 0. The molecule has 0 unspecified atom stereocenters. The highest BCUT2D eigenvalue weighted by Gasteiger charge is 2.14. The minimum Gasteiger partial charge on any atom is -0.383 e. The molecule has 0 atom stereocenters. The van der Waals surface area contributed by atoms with Gasteiger partial charge in [0.15, 0.2) is 0 Å². The second-order valence-electron chi connectivity index (χ2n) is 4.89. The van der Waals surface area contributed by atoms with Crippen LogP contribution in [0.5, 0.6) is 0 Å². The van der Waals surface area contributed by atoms with Gasteiger partial charge in [0.2, 0.25) is 0 Å². The lowest BCUT2D eigenvalue weighted by molar-refractivity contribution is 0.206. The number of ether oxygens (including phenoxy) is 1. The molecule has 1 aromatic carbocycles. The molecule has 1 heterocycles. The lowest BCUT2D eigenvalue weighted by atomic mass is 10.1. The number of hydrogen-bond acceptors (Lipinski definition) is 4. The third-order valence-corrected chi connectivity index (χ3v) is 3.57. The Labute approximate surface area is 127 Å². The van der Waals surface area contributed by atoms with Gasteiger partial charge in [0.05, 0.1) is 19.7 Å². The standard InChI is InChI=1S/C15H23N3O.ClH/c1-12-5-4-6-14(13(12)2)18(9-10-19-3)11-15-16-7-8-17-15;/h4-6H,7-11H2,1-3H3,(H,16,17);1H. The summed E-state index contributed by atoms with van der Waals surface area (Å²) < 4.78 is 5.23. The maximum absolute atomic E-state index is 5.23. The fraction of sp³-hybridized carbons (Fsp3) is 0.533. The molecule has 0 saturated heterocycles. The zero-order chi connectivity index (χ0) is 13.7. The highest BCUT2D eigenvalue weighted by molar-refractivity contribution is 5.88. The van der Waals surface area contributed by atoms with E-state index in [0.717, 1.165) is 38.6 Å². The number of rotatable bonds is 6. The van der Waals surface area contributed by atoms with Gasteiger partial charge in [0, 0.05) is 25.9 Å². The molecule has 1 aromatic rings. The lowest BCUT2D eigenvalue weighted by Gasteiger charge is -2.27.